The normalized spacial score (nSPS) is 10.1. The van der Waals surface area contributed by atoms with Gasteiger partial charge in [0.1, 0.15) is 13.2 Å². The summed E-state index contributed by atoms with van der Waals surface area (Å²) in [7, 11) is 3.70. The van der Waals surface area contributed by atoms with Crippen molar-refractivity contribution in [1.29, 1.82) is 0 Å². The summed E-state index contributed by atoms with van der Waals surface area (Å²) in [6.45, 7) is 2.11. The molecule has 0 spiro atoms. The van der Waals surface area contributed by atoms with Crippen molar-refractivity contribution in [1.82, 2.24) is 20.6 Å². The van der Waals surface area contributed by atoms with Crippen molar-refractivity contribution in [3.8, 4) is 0 Å². The van der Waals surface area contributed by atoms with Crippen LogP contribution in [0.2, 0.25) is 0 Å². The summed E-state index contributed by atoms with van der Waals surface area (Å²) in [6, 6.07) is 11.1. The van der Waals surface area contributed by atoms with E-state index in [1.165, 1.54) is 0 Å². The predicted molar refractivity (Wildman–Crippen MR) is 97.6 cm³/mol. The molecule has 2 rings (SSSR count). The fraction of sp³-hybridized carbons (Fsp3) is 0.333. The molecule has 1 heterocycles. The maximum atomic E-state index is 11.9. The average molecular weight is 357 g/mol. The quantitative estimate of drug-likeness (QED) is 0.777. The van der Waals surface area contributed by atoms with E-state index in [1.807, 2.05) is 51.4 Å². The van der Waals surface area contributed by atoms with Crippen LogP contribution >= 0.6 is 0 Å². The Bertz CT molecular complexity index is 750. The van der Waals surface area contributed by atoms with E-state index < -0.39 is 6.09 Å². The van der Waals surface area contributed by atoms with Crippen LogP contribution in [0.4, 0.5) is 10.7 Å². The summed E-state index contributed by atoms with van der Waals surface area (Å²) in [4.78, 5) is 33.9. The lowest BCUT2D eigenvalue weighted by Gasteiger charge is -2.13. The molecular weight excluding hydrogens is 334 g/mol. The fourth-order valence-electron chi connectivity index (χ4n) is 2.09. The first kappa shape index (κ1) is 19.2. The number of carbonyl (C=O) groups is 2. The Kier molecular flexibility index (Phi) is 6.90. The van der Waals surface area contributed by atoms with Crippen molar-refractivity contribution < 1.29 is 14.3 Å². The second-order valence-corrected chi connectivity index (χ2v) is 5.89. The topological polar surface area (TPSA) is 96.5 Å². The van der Waals surface area contributed by atoms with Gasteiger partial charge in [-0.1, -0.05) is 30.3 Å². The molecule has 0 unspecified atom stereocenters. The van der Waals surface area contributed by atoms with Gasteiger partial charge in [-0.25, -0.2) is 14.8 Å². The van der Waals surface area contributed by atoms with Crippen molar-refractivity contribution in [3.05, 3.63) is 53.3 Å². The van der Waals surface area contributed by atoms with Gasteiger partial charge in [-0.2, -0.15) is 0 Å². The predicted octanol–water partition coefficient (Wildman–Crippen LogP) is 1.39. The molecule has 0 aliphatic rings. The number of aryl methyl sites for hydroxylation is 1. The molecule has 0 aliphatic carbocycles. The summed E-state index contributed by atoms with van der Waals surface area (Å²) >= 11 is 0. The van der Waals surface area contributed by atoms with Crippen LogP contribution in [-0.4, -0.2) is 42.6 Å². The largest absolute Gasteiger partial charge is 0.445 e. The average Bonchev–Trinajstić information content (AvgIpc) is 2.63. The lowest BCUT2D eigenvalue weighted by atomic mass is 10.2. The van der Waals surface area contributed by atoms with Crippen molar-refractivity contribution >= 4 is 17.9 Å². The first-order valence-corrected chi connectivity index (χ1v) is 8.17. The van der Waals surface area contributed by atoms with Gasteiger partial charge in [-0.3, -0.25) is 4.79 Å². The maximum absolute atomic E-state index is 11.9. The molecule has 8 heteroatoms. The SMILES string of the molecule is Cc1cc(CNC(=O)CNC(=O)OCc2ccccc2)nc(N(C)C)n1. The van der Waals surface area contributed by atoms with Gasteiger partial charge in [0.25, 0.3) is 0 Å². The van der Waals surface area contributed by atoms with Gasteiger partial charge in [0.2, 0.25) is 11.9 Å². The van der Waals surface area contributed by atoms with Crippen LogP contribution in [0.3, 0.4) is 0 Å². The van der Waals surface area contributed by atoms with Gasteiger partial charge in [0.15, 0.2) is 0 Å². The molecule has 0 bridgehead atoms. The Hall–Kier alpha value is -3.16. The minimum Gasteiger partial charge on any atom is -0.445 e. The highest BCUT2D eigenvalue weighted by Gasteiger charge is 2.08. The zero-order valence-corrected chi connectivity index (χ0v) is 15.2. The van der Waals surface area contributed by atoms with Crippen LogP contribution in [0.5, 0.6) is 0 Å². The first-order chi connectivity index (χ1) is 12.4. The number of carbonyl (C=O) groups excluding carboxylic acids is 2. The summed E-state index contributed by atoms with van der Waals surface area (Å²) in [5, 5.41) is 5.12. The highest BCUT2D eigenvalue weighted by molar-refractivity contribution is 5.82. The minimum atomic E-state index is -0.642. The summed E-state index contributed by atoms with van der Waals surface area (Å²) < 4.78 is 5.04. The van der Waals surface area contributed by atoms with Gasteiger partial charge in [0, 0.05) is 19.8 Å². The molecular formula is C18H23N5O3. The smallest absolute Gasteiger partial charge is 0.407 e. The molecule has 0 atom stereocenters. The molecule has 26 heavy (non-hydrogen) atoms. The zero-order chi connectivity index (χ0) is 18.9. The lowest BCUT2D eigenvalue weighted by molar-refractivity contribution is -0.120. The van der Waals surface area contributed by atoms with E-state index in [2.05, 4.69) is 20.6 Å². The Morgan fingerprint density at radius 2 is 1.85 bits per heavy atom. The highest BCUT2D eigenvalue weighted by atomic mass is 16.5. The standard InChI is InChI=1S/C18H23N5O3/c1-13-9-15(22-17(21-13)23(2)3)10-19-16(24)11-20-18(25)26-12-14-7-5-4-6-8-14/h4-9H,10-12H2,1-3H3,(H,19,24)(H,20,25). The van der Waals surface area contributed by atoms with E-state index in [0.717, 1.165) is 11.3 Å². The van der Waals surface area contributed by atoms with Crippen molar-refractivity contribution in [3.63, 3.8) is 0 Å². The number of anilines is 1. The number of ether oxygens (including phenoxy) is 1. The summed E-state index contributed by atoms with van der Waals surface area (Å²) in [5.41, 5.74) is 2.39. The molecule has 1 aromatic carbocycles. The highest BCUT2D eigenvalue weighted by Crippen LogP contribution is 2.07. The number of alkyl carbamates (subject to hydrolysis) is 1. The number of hydrogen-bond donors (Lipinski definition) is 2. The van der Waals surface area contributed by atoms with Gasteiger partial charge in [0.05, 0.1) is 12.2 Å². The number of nitrogens with zero attached hydrogens (tertiary/aromatic N) is 3. The molecule has 8 nitrogen and oxygen atoms in total. The van der Waals surface area contributed by atoms with Gasteiger partial charge < -0.3 is 20.3 Å². The van der Waals surface area contributed by atoms with Gasteiger partial charge in [-0.05, 0) is 18.6 Å². The van der Waals surface area contributed by atoms with Crippen LogP contribution in [0.15, 0.2) is 36.4 Å². The summed E-state index contributed by atoms with van der Waals surface area (Å²) in [6.07, 6.45) is -0.642. The van der Waals surface area contributed by atoms with E-state index in [1.54, 1.807) is 11.0 Å². The van der Waals surface area contributed by atoms with Crippen LogP contribution in [0, 0.1) is 6.92 Å². The van der Waals surface area contributed by atoms with Crippen LogP contribution in [0.25, 0.3) is 0 Å². The van der Waals surface area contributed by atoms with Crippen LogP contribution < -0.4 is 15.5 Å². The Morgan fingerprint density at radius 3 is 2.54 bits per heavy atom. The molecule has 2 aromatic rings. The van der Waals surface area contributed by atoms with E-state index in [0.29, 0.717) is 11.6 Å². The Morgan fingerprint density at radius 1 is 1.12 bits per heavy atom. The zero-order valence-electron chi connectivity index (χ0n) is 15.2. The number of amides is 2. The van der Waals surface area contributed by atoms with E-state index in [-0.39, 0.29) is 25.6 Å². The molecule has 0 saturated carbocycles. The molecule has 1 aromatic heterocycles. The number of hydrogen-bond acceptors (Lipinski definition) is 6. The third kappa shape index (κ3) is 6.39. The van der Waals surface area contributed by atoms with Gasteiger partial charge in [-0.15, -0.1) is 0 Å². The molecule has 0 saturated heterocycles. The Balaban J connectivity index is 1.72. The molecule has 0 aliphatic heterocycles. The molecule has 0 radical (unpaired) electrons. The maximum Gasteiger partial charge on any atom is 0.407 e. The first-order valence-electron chi connectivity index (χ1n) is 8.17. The number of aromatic nitrogens is 2. The second kappa shape index (κ2) is 9.36. The van der Waals surface area contributed by atoms with E-state index >= 15 is 0 Å². The third-order valence-corrected chi connectivity index (χ3v) is 3.37. The van der Waals surface area contributed by atoms with Crippen LogP contribution in [0.1, 0.15) is 17.0 Å². The van der Waals surface area contributed by atoms with Crippen molar-refractivity contribution in [2.24, 2.45) is 0 Å². The molecule has 0 fully saturated rings. The number of benzene rings is 1. The summed E-state index contributed by atoms with van der Waals surface area (Å²) in [5.74, 6) is 0.251. The van der Waals surface area contributed by atoms with E-state index in [4.69, 9.17) is 4.74 Å². The number of nitrogens with one attached hydrogen (secondary N) is 2. The number of rotatable bonds is 7. The van der Waals surface area contributed by atoms with Crippen LogP contribution in [-0.2, 0) is 22.7 Å². The fourth-order valence-corrected chi connectivity index (χ4v) is 2.09. The van der Waals surface area contributed by atoms with Crippen molar-refractivity contribution in [2.45, 2.75) is 20.1 Å². The van der Waals surface area contributed by atoms with Gasteiger partial charge >= 0.3 is 6.09 Å². The third-order valence-electron chi connectivity index (χ3n) is 3.37. The van der Waals surface area contributed by atoms with E-state index in [9.17, 15) is 9.59 Å². The minimum absolute atomic E-state index is 0.155. The lowest BCUT2D eigenvalue weighted by Crippen LogP contribution is -2.37. The Labute approximate surface area is 152 Å². The molecule has 2 amide bonds. The molecule has 138 valence electrons. The second-order valence-electron chi connectivity index (χ2n) is 5.89. The van der Waals surface area contributed by atoms with Crippen molar-refractivity contribution in [2.75, 3.05) is 25.5 Å². The molecule has 2 N–H and O–H groups in total. The monoisotopic (exact) mass is 357 g/mol.